The van der Waals surface area contributed by atoms with Crippen molar-refractivity contribution < 1.29 is 4.74 Å². The molecule has 0 bridgehead atoms. The lowest BCUT2D eigenvalue weighted by Crippen LogP contribution is -2.29. The van der Waals surface area contributed by atoms with Crippen LogP contribution in [0.2, 0.25) is 4.34 Å². The highest BCUT2D eigenvalue weighted by atomic mass is 35.5. The van der Waals surface area contributed by atoms with E-state index in [2.05, 4.69) is 21.3 Å². The average Bonchev–Trinajstić information content (AvgIpc) is 3.25. The number of aromatic nitrogens is 1. The Morgan fingerprint density at radius 2 is 2.08 bits per heavy atom. The van der Waals surface area contributed by atoms with Gasteiger partial charge in [0.15, 0.2) is 5.11 Å². The second-order valence-corrected chi connectivity index (χ2v) is 7.97. The van der Waals surface area contributed by atoms with Crippen LogP contribution < -0.4 is 15.0 Å². The number of pyridine rings is 1. The number of halogens is 1. The van der Waals surface area contributed by atoms with Crippen LogP contribution in [0.15, 0.2) is 60.8 Å². The van der Waals surface area contributed by atoms with Crippen LogP contribution in [-0.4, -0.2) is 17.2 Å². The van der Waals surface area contributed by atoms with E-state index in [1.54, 1.807) is 24.6 Å². The van der Waals surface area contributed by atoms with Crippen LogP contribution in [0, 0.1) is 0 Å². The van der Waals surface area contributed by atoms with Crippen LogP contribution in [0.25, 0.3) is 0 Å². The van der Waals surface area contributed by atoms with Gasteiger partial charge >= 0.3 is 0 Å². The van der Waals surface area contributed by atoms with Gasteiger partial charge in [0.2, 0.25) is 0 Å². The van der Waals surface area contributed by atoms with Gasteiger partial charge in [-0.3, -0.25) is 4.98 Å². The molecule has 132 valence electrons. The number of anilines is 1. The Hall–Kier alpha value is -2.15. The van der Waals surface area contributed by atoms with E-state index in [0.29, 0.717) is 5.11 Å². The van der Waals surface area contributed by atoms with E-state index in [1.807, 2.05) is 48.5 Å². The number of benzene rings is 1. The zero-order valence-corrected chi connectivity index (χ0v) is 16.3. The molecule has 7 heteroatoms. The third kappa shape index (κ3) is 3.16. The first-order valence-corrected chi connectivity index (χ1v) is 9.67. The molecule has 1 aliphatic rings. The fourth-order valence-electron chi connectivity index (χ4n) is 3.17. The van der Waals surface area contributed by atoms with Crippen LogP contribution in [-0.2, 0) is 0 Å². The topological polar surface area (TPSA) is 37.4 Å². The summed E-state index contributed by atoms with van der Waals surface area (Å²) in [6.45, 7) is 0. The van der Waals surface area contributed by atoms with Gasteiger partial charge in [0.1, 0.15) is 5.75 Å². The number of nitrogens with zero attached hydrogens (tertiary/aromatic N) is 2. The van der Waals surface area contributed by atoms with Crippen molar-refractivity contribution in [3.63, 3.8) is 0 Å². The third-order valence-electron chi connectivity index (χ3n) is 4.32. The zero-order chi connectivity index (χ0) is 18.1. The van der Waals surface area contributed by atoms with Crippen molar-refractivity contribution in [2.45, 2.75) is 12.1 Å². The molecule has 3 aromatic rings. The van der Waals surface area contributed by atoms with Crippen LogP contribution in [0.5, 0.6) is 5.75 Å². The zero-order valence-electron chi connectivity index (χ0n) is 13.9. The van der Waals surface area contributed by atoms with Crippen molar-refractivity contribution in [1.82, 2.24) is 10.3 Å². The number of thiocarbonyl (C=S) groups is 1. The lowest BCUT2D eigenvalue weighted by Gasteiger charge is -2.27. The largest absolute Gasteiger partial charge is 0.497 e. The maximum atomic E-state index is 6.22. The molecule has 0 saturated carbocycles. The molecule has 1 aliphatic heterocycles. The van der Waals surface area contributed by atoms with Gasteiger partial charge in [-0.05, 0) is 48.6 Å². The van der Waals surface area contributed by atoms with Gasteiger partial charge in [-0.1, -0.05) is 23.7 Å². The van der Waals surface area contributed by atoms with E-state index in [1.165, 1.54) is 0 Å². The summed E-state index contributed by atoms with van der Waals surface area (Å²) in [7, 11) is 1.66. The summed E-state index contributed by atoms with van der Waals surface area (Å²) in [5.41, 5.74) is 1.91. The van der Waals surface area contributed by atoms with E-state index in [-0.39, 0.29) is 12.1 Å². The summed E-state index contributed by atoms with van der Waals surface area (Å²) in [6, 6.07) is 17.7. The molecule has 1 fully saturated rings. The number of nitrogens with one attached hydrogen (secondary N) is 1. The second-order valence-electron chi connectivity index (χ2n) is 5.84. The number of hydrogen-bond donors (Lipinski definition) is 1. The number of methoxy groups -OCH3 is 1. The number of ether oxygens (including phenoxy) is 1. The minimum absolute atomic E-state index is 0.0398. The minimum atomic E-state index is -0.0652. The van der Waals surface area contributed by atoms with Gasteiger partial charge in [0.25, 0.3) is 0 Å². The quantitative estimate of drug-likeness (QED) is 0.624. The Morgan fingerprint density at radius 1 is 1.19 bits per heavy atom. The first-order valence-electron chi connectivity index (χ1n) is 8.07. The highest BCUT2D eigenvalue weighted by Gasteiger charge is 2.41. The third-order valence-corrected chi connectivity index (χ3v) is 5.93. The maximum Gasteiger partial charge on any atom is 0.174 e. The molecule has 0 unspecified atom stereocenters. The summed E-state index contributed by atoms with van der Waals surface area (Å²) in [5, 5.41) is 4.09. The van der Waals surface area contributed by atoms with Crippen LogP contribution in [0.1, 0.15) is 22.7 Å². The molecule has 0 radical (unpaired) electrons. The van der Waals surface area contributed by atoms with E-state index in [9.17, 15) is 0 Å². The first-order chi connectivity index (χ1) is 12.7. The molecule has 26 heavy (non-hydrogen) atoms. The Kier molecular flexibility index (Phi) is 4.80. The smallest absolute Gasteiger partial charge is 0.174 e. The van der Waals surface area contributed by atoms with E-state index in [4.69, 9.17) is 28.6 Å². The predicted molar refractivity (Wildman–Crippen MR) is 110 cm³/mol. The van der Waals surface area contributed by atoms with Gasteiger partial charge in [0, 0.05) is 22.8 Å². The van der Waals surface area contributed by atoms with E-state index in [0.717, 1.165) is 26.3 Å². The number of thiophene rings is 1. The summed E-state index contributed by atoms with van der Waals surface area (Å²) >= 11 is 13.5. The van der Waals surface area contributed by atoms with Crippen LogP contribution in [0.4, 0.5) is 5.69 Å². The molecule has 4 nitrogen and oxygen atoms in total. The minimum Gasteiger partial charge on any atom is -0.497 e. The van der Waals surface area contributed by atoms with Gasteiger partial charge in [-0.25, -0.2) is 0 Å². The van der Waals surface area contributed by atoms with Crippen molar-refractivity contribution in [3.05, 3.63) is 75.7 Å². The van der Waals surface area contributed by atoms with Crippen molar-refractivity contribution in [2.24, 2.45) is 0 Å². The van der Waals surface area contributed by atoms with Crippen LogP contribution in [0.3, 0.4) is 0 Å². The maximum absolute atomic E-state index is 6.22. The highest BCUT2D eigenvalue weighted by molar-refractivity contribution is 7.80. The summed E-state index contributed by atoms with van der Waals surface area (Å²) in [5.74, 6) is 0.787. The Bertz CT molecular complexity index is 931. The average molecular weight is 402 g/mol. The molecule has 0 aliphatic carbocycles. The Morgan fingerprint density at radius 3 is 2.77 bits per heavy atom. The Labute approximate surface area is 166 Å². The predicted octanol–water partition coefficient (Wildman–Crippen LogP) is 4.98. The fraction of sp³-hybridized carbons (Fsp3) is 0.158. The molecule has 3 heterocycles. The molecule has 2 atom stereocenters. The molecular formula is C19H16ClN3OS2. The number of hydrogen-bond acceptors (Lipinski definition) is 4. The van der Waals surface area contributed by atoms with Crippen molar-refractivity contribution in [2.75, 3.05) is 12.0 Å². The van der Waals surface area contributed by atoms with Gasteiger partial charge in [0.05, 0.1) is 29.2 Å². The summed E-state index contributed by atoms with van der Waals surface area (Å²) in [4.78, 5) is 7.77. The lowest BCUT2D eigenvalue weighted by atomic mass is 10.0. The van der Waals surface area contributed by atoms with E-state index >= 15 is 0 Å². The van der Waals surface area contributed by atoms with Gasteiger partial charge < -0.3 is 15.0 Å². The second kappa shape index (κ2) is 7.23. The normalized spacial score (nSPS) is 19.5. The lowest BCUT2D eigenvalue weighted by molar-refractivity contribution is 0.415. The molecule has 0 spiro atoms. The molecule has 1 aromatic carbocycles. The molecule has 2 aromatic heterocycles. The SMILES string of the molecule is COc1cccc(N2C(=S)N[C@H](c3ccccn3)[C@H]2c2ccc(Cl)s2)c1. The standard InChI is InChI=1S/C19H16ClN3OS2/c1-24-13-6-4-5-12(11-13)23-18(15-8-9-16(20)26-15)17(22-19(23)25)14-7-2-3-10-21-14/h2-11,17-18H,1H3,(H,22,25)/t17-,18-/m1/s1. The van der Waals surface area contributed by atoms with Crippen molar-refractivity contribution in [1.29, 1.82) is 0 Å². The highest BCUT2D eigenvalue weighted by Crippen LogP contribution is 2.44. The molecule has 4 rings (SSSR count). The van der Waals surface area contributed by atoms with Gasteiger partial charge in [-0.2, -0.15) is 0 Å². The summed E-state index contributed by atoms with van der Waals surface area (Å²) in [6.07, 6.45) is 1.80. The Balaban J connectivity index is 1.82. The van der Waals surface area contributed by atoms with Gasteiger partial charge in [-0.15, -0.1) is 11.3 Å². The first kappa shape index (κ1) is 17.3. The molecule has 1 N–H and O–H groups in total. The summed E-state index contributed by atoms with van der Waals surface area (Å²) < 4.78 is 6.14. The van der Waals surface area contributed by atoms with Crippen LogP contribution >= 0.6 is 35.2 Å². The monoisotopic (exact) mass is 401 g/mol. The van der Waals surface area contributed by atoms with E-state index < -0.39 is 0 Å². The molecule has 0 amide bonds. The fourth-order valence-corrected chi connectivity index (χ4v) is 4.71. The number of rotatable bonds is 4. The molecular weight excluding hydrogens is 386 g/mol. The molecule has 1 saturated heterocycles. The van der Waals surface area contributed by atoms with Crippen molar-refractivity contribution >= 4 is 46.0 Å². The van der Waals surface area contributed by atoms with Crippen molar-refractivity contribution in [3.8, 4) is 5.75 Å².